The first kappa shape index (κ1) is 17.2. The van der Waals surface area contributed by atoms with Crippen molar-refractivity contribution in [2.75, 3.05) is 13.7 Å². The third kappa shape index (κ3) is 3.54. The molecule has 2 aromatic heterocycles. The zero-order valence-electron chi connectivity index (χ0n) is 15.0. The molecule has 0 amide bonds. The van der Waals surface area contributed by atoms with Gasteiger partial charge < -0.3 is 14.8 Å². The fourth-order valence-corrected chi connectivity index (χ4v) is 3.32. The van der Waals surface area contributed by atoms with E-state index in [-0.39, 0.29) is 11.3 Å². The van der Waals surface area contributed by atoms with Gasteiger partial charge >= 0.3 is 0 Å². The average molecular weight is 364 g/mol. The second-order valence-electron chi connectivity index (χ2n) is 6.54. The molecule has 0 saturated carbocycles. The van der Waals surface area contributed by atoms with Crippen LogP contribution in [-0.4, -0.2) is 38.6 Å². The summed E-state index contributed by atoms with van der Waals surface area (Å²) in [5, 5.41) is 10.1. The van der Waals surface area contributed by atoms with E-state index in [1.165, 1.54) is 0 Å². The maximum absolute atomic E-state index is 12.5. The van der Waals surface area contributed by atoms with Crippen LogP contribution in [-0.2, 0) is 19.5 Å². The van der Waals surface area contributed by atoms with Gasteiger partial charge in [0.2, 0.25) is 0 Å². The van der Waals surface area contributed by atoms with Gasteiger partial charge in [-0.15, -0.1) is 0 Å². The number of aromatic amines is 1. The molecule has 0 bridgehead atoms. The molecule has 1 aliphatic rings. The van der Waals surface area contributed by atoms with Crippen LogP contribution < -0.4 is 10.3 Å². The molecular formula is C20H20N4O3. The van der Waals surface area contributed by atoms with E-state index in [0.29, 0.717) is 31.1 Å². The topological polar surface area (TPSA) is 91.3 Å². The van der Waals surface area contributed by atoms with Gasteiger partial charge in [-0.05, 0) is 36.8 Å². The molecule has 1 aliphatic heterocycles. The summed E-state index contributed by atoms with van der Waals surface area (Å²) in [6, 6.07) is 8.87. The molecule has 27 heavy (non-hydrogen) atoms. The zero-order chi connectivity index (χ0) is 18.8. The zero-order valence-corrected chi connectivity index (χ0v) is 15.0. The molecule has 0 unspecified atom stereocenters. The summed E-state index contributed by atoms with van der Waals surface area (Å²) in [5.41, 5.74) is 2.97. The second kappa shape index (κ2) is 7.20. The van der Waals surface area contributed by atoms with Crippen molar-refractivity contribution in [3.8, 4) is 22.9 Å². The molecule has 3 aromatic rings. The number of phenolic OH excluding ortho intramolecular Hbond substituents is 1. The summed E-state index contributed by atoms with van der Waals surface area (Å²) in [6.07, 6.45) is 3.98. The van der Waals surface area contributed by atoms with Crippen LogP contribution in [0.15, 0.2) is 47.5 Å². The number of ether oxygens (including phenoxy) is 1. The van der Waals surface area contributed by atoms with Gasteiger partial charge in [-0.3, -0.25) is 14.7 Å². The number of hydrogen-bond acceptors (Lipinski definition) is 6. The van der Waals surface area contributed by atoms with Gasteiger partial charge in [0, 0.05) is 48.7 Å². The molecule has 2 N–H and O–H groups in total. The lowest BCUT2D eigenvalue weighted by Gasteiger charge is -2.28. The van der Waals surface area contributed by atoms with E-state index in [4.69, 9.17) is 4.74 Å². The molecule has 0 saturated heterocycles. The van der Waals surface area contributed by atoms with Crippen molar-refractivity contribution in [2.24, 2.45) is 0 Å². The number of phenols is 1. The average Bonchev–Trinajstić information content (AvgIpc) is 2.70. The van der Waals surface area contributed by atoms with Crippen molar-refractivity contribution in [2.45, 2.75) is 19.5 Å². The lowest BCUT2D eigenvalue weighted by atomic mass is 10.0. The number of hydrogen-bond donors (Lipinski definition) is 2. The fourth-order valence-electron chi connectivity index (χ4n) is 3.32. The number of aromatic hydroxyl groups is 1. The van der Waals surface area contributed by atoms with Crippen LogP contribution in [0.2, 0.25) is 0 Å². The number of pyridine rings is 1. The van der Waals surface area contributed by atoms with Gasteiger partial charge in [-0.2, -0.15) is 0 Å². The number of nitrogens with one attached hydrogen (secondary N) is 1. The third-order valence-corrected chi connectivity index (χ3v) is 4.77. The van der Waals surface area contributed by atoms with Crippen LogP contribution >= 0.6 is 0 Å². The molecule has 0 aliphatic carbocycles. The van der Waals surface area contributed by atoms with Crippen LogP contribution in [0.4, 0.5) is 0 Å². The maximum atomic E-state index is 12.5. The summed E-state index contributed by atoms with van der Waals surface area (Å²) >= 11 is 0. The van der Waals surface area contributed by atoms with Crippen LogP contribution in [0.1, 0.15) is 16.8 Å². The Morgan fingerprint density at radius 2 is 2.22 bits per heavy atom. The maximum Gasteiger partial charge on any atom is 0.254 e. The van der Waals surface area contributed by atoms with E-state index in [1.807, 2.05) is 18.2 Å². The van der Waals surface area contributed by atoms with Crippen LogP contribution in [0.3, 0.4) is 0 Å². The van der Waals surface area contributed by atoms with Gasteiger partial charge in [0.15, 0.2) is 0 Å². The normalized spacial score (nSPS) is 14.0. The molecule has 0 radical (unpaired) electrons. The monoisotopic (exact) mass is 364 g/mol. The predicted molar refractivity (Wildman–Crippen MR) is 101 cm³/mol. The molecule has 7 nitrogen and oxygen atoms in total. The summed E-state index contributed by atoms with van der Waals surface area (Å²) < 4.78 is 5.24. The van der Waals surface area contributed by atoms with Gasteiger partial charge in [0.05, 0.1) is 12.8 Å². The molecular weight excluding hydrogens is 344 g/mol. The Hall–Kier alpha value is -3.19. The van der Waals surface area contributed by atoms with E-state index in [0.717, 1.165) is 28.9 Å². The highest BCUT2D eigenvalue weighted by atomic mass is 16.5. The molecule has 1 aromatic carbocycles. The van der Waals surface area contributed by atoms with Gasteiger partial charge in [0.1, 0.15) is 17.3 Å². The number of benzene rings is 1. The molecule has 7 heteroatoms. The Morgan fingerprint density at radius 1 is 1.33 bits per heavy atom. The number of rotatable bonds is 4. The summed E-state index contributed by atoms with van der Waals surface area (Å²) in [6.45, 7) is 1.82. The highest BCUT2D eigenvalue weighted by molar-refractivity contribution is 5.53. The summed E-state index contributed by atoms with van der Waals surface area (Å²) in [7, 11) is 1.60. The molecule has 0 fully saturated rings. The predicted octanol–water partition coefficient (Wildman–Crippen LogP) is 2.10. The van der Waals surface area contributed by atoms with Crippen LogP contribution in [0, 0.1) is 0 Å². The number of H-pyrrole nitrogens is 1. The third-order valence-electron chi connectivity index (χ3n) is 4.77. The SMILES string of the molecule is COc1ccc(O)c(CN2CCc3c(nc(-c4cccnc4)[nH]c3=O)C2)c1. The highest BCUT2D eigenvalue weighted by Gasteiger charge is 2.22. The van der Waals surface area contributed by atoms with Crippen LogP contribution in [0.5, 0.6) is 11.5 Å². The quantitative estimate of drug-likeness (QED) is 0.737. The van der Waals surface area contributed by atoms with E-state index < -0.39 is 0 Å². The minimum Gasteiger partial charge on any atom is -0.508 e. The summed E-state index contributed by atoms with van der Waals surface area (Å²) in [5.74, 6) is 1.46. The molecule has 4 rings (SSSR count). The van der Waals surface area contributed by atoms with Gasteiger partial charge in [-0.1, -0.05) is 0 Å². The summed E-state index contributed by atoms with van der Waals surface area (Å²) in [4.78, 5) is 26.2. The highest BCUT2D eigenvalue weighted by Crippen LogP contribution is 2.26. The largest absolute Gasteiger partial charge is 0.508 e. The number of aromatic nitrogens is 3. The van der Waals surface area contributed by atoms with Gasteiger partial charge in [-0.25, -0.2) is 4.98 Å². The number of methoxy groups -OCH3 is 1. The first-order chi connectivity index (χ1) is 13.1. The smallest absolute Gasteiger partial charge is 0.254 e. The van der Waals surface area contributed by atoms with Gasteiger partial charge in [0.25, 0.3) is 5.56 Å². The van der Waals surface area contributed by atoms with E-state index >= 15 is 0 Å². The Balaban J connectivity index is 1.61. The standard InChI is InChI=1S/C20H20N4O3/c1-27-15-4-5-18(25)14(9-15)11-24-8-6-16-17(12-24)22-19(23-20(16)26)13-3-2-7-21-10-13/h2-5,7,9-10,25H,6,8,11-12H2,1H3,(H,22,23,26). The Labute approximate surface area is 156 Å². The molecule has 3 heterocycles. The van der Waals surface area contributed by atoms with Crippen molar-refractivity contribution in [1.29, 1.82) is 0 Å². The van der Waals surface area contributed by atoms with E-state index in [2.05, 4.69) is 19.9 Å². The van der Waals surface area contributed by atoms with Crippen LogP contribution in [0.25, 0.3) is 11.4 Å². The first-order valence-electron chi connectivity index (χ1n) is 8.75. The number of fused-ring (bicyclic) bond motifs is 1. The lowest BCUT2D eigenvalue weighted by Crippen LogP contribution is -2.35. The molecule has 0 atom stereocenters. The van der Waals surface area contributed by atoms with Crippen molar-refractivity contribution in [3.63, 3.8) is 0 Å². The first-order valence-corrected chi connectivity index (χ1v) is 8.75. The second-order valence-corrected chi connectivity index (χ2v) is 6.54. The Kier molecular flexibility index (Phi) is 4.60. The minimum atomic E-state index is -0.0947. The molecule has 0 spiro atoms. The Morgan fingerprint density at radius 3 is 3.00 bits per heavy atom. The van der Waals surface area contributed by atoms with Crippen molar-refractivity contribution < 1.29 is 9.84 Å². The molecule has 138 valence electrons. The Bertz CT molecular complexity index is 1020. The van der Waals surface area contributed by atoms with Crippen molar-refractivity contribution in [1.82, 2.24) is 19.9 Å². The minimum absolute atomic E-state index is 0.0947. The van der Waals surface area contributed by atoms with E-state index in [9.17, 15) is 9.90 Å². The van der Waals surface area contributed by atoms with Crippen molar-refractivity contribution in [3.05, 3.63) is 69.9 Å². The van der Waals surface area contributed by atoms with Crippen molar-refractivity contribution >= 4 is 0 Å². The number of nitrogens with zero attached hydrogens (tertiary/aromatic N) is 3. The lowest BCUT2D eigenvalue weighted by molar-refractivity contribution is 0.237. The fraction of sp³-hybridized carbons (Fsp3) is 0.250. The van der Waals surface area contributed by atoms with E-state index in [1.54, 1.807) is 31.6 Å².